The van der Waals surface area contributed by atoms with E-state index in [1.165, 1.54) is 16.7 Å². The molecule has 2 aromatic carbocycles. The quantitative estimate of drug-likeness (QED) is 0.755. The molecule has 6 nitrogen and oxygen atoms in total. The summed E-state index contributed by atoms with van der Waals surface area (Å²) in [6.07, 6.45) is 0. The number of anilines is 1. The largest absolute Gasteiger partial charge is 0.419 e. The Morgan fingerprint density at radius 2 is 1.81 bits per heavy atom. The van der Waals surface area contributed by atoms with Crippen LogP contribution >= 0.6 is 0 Å². The molecule has 0 bridgehead atoms. The molecule has 7 heteroatoms. The molecule has 3 rings (SSSR count). The molecule has 1 aromatic heterocycles. The van der Waals surface area contributed by atoms with E-state index in [0.717, 1.165) is 5.56 Å². The third kappa shape index (κ3) is 3.26. The third-order valence-electron chi connectivity index (χ3n) is 4.25. The molecule has 0 saturated heterocycles. The van der Waals surface area contributed by atoms with E-state index >= 15 is 0 Å². The summed E-state index contributed by atoms with van der Waals surface area (Å²) in [6.45, 7) is 8.35. The lowest BCUT2D eigenvalue weighted by molar-refractivity contribution is 0.512. The Labute approximate surface area is 152 Å². The zero-order valence-corrected chi connectivity index (χ0v) is 16.1. The summed E-state index contributed by atoms with van der Waals surface area (Å²) in [4.78, 5) is 11.9. The van der Waals surface area contributed by atoms with E-state index in [4.69, 9.17) is 4.42 Å². The lowest BCUT2D eigenvalue weighted by atomic mass is 9.86. The van der Waals surface area contributed by atoms with E-state index in [9.17, 15) is 13.2 Å². The van der Waals surface area contributed by atoms with Gasteiger partial charge in [-0.3, -0.25) is 9.29 Å². The first-order valence-electron chi connectivity index (χ1n) is 8.39. The fourth-order valence-electron chi connectivity index (χ4n) is 2.94. The SMILES string of the molecule is CCn1c(=O)oc2cc(S(=O)(=O)Nc3ccccc3C(C)(C)C)ccc21. The predicted octanol–water partition coefficient (Wildman–Crippen LogP) is 3.71. The average molecular weight is 374 g/mol. The minimum Gasteiger partial charge on any atom is -0.408 e. The summed E-state index contributed by atoms with van der Waals surface area (Å²) in [5.74, 6) is -0.497. The van der Waals surface area contributed by atoms with E-state index in [2.05, 4.69) is 4.72 Å². The molecule has 0 radical (unpaired) electrons. The van der Waals surface area contributed by atoms with E-state index in [0.29, 0.717) is 17.7 Å². The monoisotopic (exact) mass is 374 g/mol. The smallest absolute Gasteiger partial charge is 0.408 e. The lowest BCUT2D eigenvalue weighted by Gasteiger charge is -2.23. The summed E-state index contributed by atoms with van der Waals surface area (Å²) in [5, 5.41) is 0. The minimum absolute atomic E-state index is 0.0470. The van der Waals surface area contributed by atoms with E-state index in [1.807, 2.05) is 39.8 Å². The van der Waals surface area contributed by atoms with Crippen molar-refractivity contribution >= 4 is 26.8 Å². The standard InChI is InChI=1S/C19H22N2O4S/c1-5-21-16-11-10-13(12-17(16)25-18(21)22)26(23,24)20-15-9-7-6-8-14(15)19(2,3)4/h6-12,20H,5H2,1-4H3. The number of para-hydroxylation sites is 1. The molecule has 0 fully saturated rings. The van der Waals surface area contributed by atoms with Crippen molar-refractivity contribution in [2.24, 2.45) is 0 Å². The number of nitrogens with one attached hydrogen (secondary N) is 1. The molecule has 0 aliphatic rings. The molecular weight excluding hydrogens is 352 g/mol. The third-order valence-corrected chi connectivity index (χ3v) is 5.61. The van der Waals surface area contributed by atoms with Gasteiger partial charge in [0.05, 0.1) is 16.1 Å². The number of aryl methyl sites for hydroxylation is 1. The highest BCUT2D eigenvalue weighted by Gasteiger charge is 2.22. The highest BCUT2D eigenvalue weighted by molar-refractivity contribution is 7.92. The Kier molecular flexibility index (Phi) is 4.44. The zero-order valence-electron chi connectivity index (χ0n) is 15.2. The first kappa shape index (κ1) is 18.3. The number of hydrogen-bond acceptors (Lipinski definition) is 4. The molecule has 0 unspecified atom stereocenters. The van der Waals surface area contributed by atoms with Crippen LogP contribution in [0.5, 0.6) is 0 Å². The number of oxazole rings is 1. The molecule has 0 aliphatic heterocycles. The van der Waals surface area contributed by atoms with E-state index in [1.54, 1.807) is 18.2 Å². The minimum atomic E-state index is -3.82. The Hall–Kier alpha value is -2.54. The van der Waals surface area contributed by atoms with Gasteiger partial charge in [0.1, 0.15) is 0 Å². The van der Waals surface area contributed by atoms with Gasteiger partial charge in [0.2, 0.25) is 0 Å². The first-order valence-corrected chi connectivity index (χ1v) is 9.87. The van der Waals surface area contributed by atoms with Gasteiger partial charge in [-0.05, 0) is 36.1 Å². The number of sulfonamides is 1. The first-order chi connectivity index (χ1) is 12.1. The molecule has 138 valence electrons. The summed E-state index contributed by atoms with van der Waals surface area (Å²) in [7, 11) is -3.82. The van der Waals surface area contributed by atoms with Crippen molar-refractivity contribution in [3.8, 4) is 0 Å². The second-order valence-corrected chi connectivity index (χ2v) is 8.83. The summed E-state index contributed by atoms with van der Waals surface area (Å²) < 4.78 is 35.0. The van der Waals surface area contributed by atoms with Crippen LogP contribution in [0.25, 0.3) is 11.1 Å². The Morgan fingerprint density at radius 1 is 1.12 bits per heavy atom. The van der Waals surface area contributed by atoms with Crippen LogP contribution in [0.4, 0.5) is 5.69 Å². The Balaban J connectivity index is 2.05. The molecule has 1 N–H and O–H groups in total. The van der Waals surface area contributed by atoms with Crippen LogP contribution in [0.2, 0.25) is 0 Å². The van der Waals surface area contributed by atoms with Crippen LogP contribution in [0.3, 0.4) is 0 Å². The number of aromatic nitrogens is 1. The van der Waals surface area contributed by atoms with Crippen LogP contribution in [-0.4, -0.2) is 13.0 Å². The van der Waals surface area contributed by atoms with Crippen molar-refractivity contribution in [2.45, 2.75) is 44.6 Å². The van der Waals surface area contributed by atoms with Gasteiger partial charge in [-0.15, -0.1) is 0 Å². The van der Waals surface area contributed by atoms with Crippen LogP contribution in [-0.2, 0) is 22.0 Å². The van der Waals surface area contributed by atoms with Crippen molar-refractivity contribution in [3.05, 3.63) is 58.6 Å². The summed E-state index contributed by atoms with van der Waals surface area (Å²) >= 11 is 0. The summed E-state index contributed by atoms with van der Waals surface area (Å²) in [6, 6.07) is 11.8. The molecular formula is C19H22N2O4S. The Bertz CT molecular complexity index is 1120. The van der Waals surface area contributed by atoms with Gasteiger partial charge in [-0.2, -0.15) is 0 Å². The van der Waals surface area contributed by atoms with Gasteiger partial charge < -0.3 is 4.42 Å². The molecule has 26 heavy (non-hydrogen) atoms. The second-order valence-electron chi connectivity index (χ2n) is 7.14. The average Bonchev–Trinajstić information content (AvgIpc) is 2.88. The maximum Gasteiger partial charge on any atom is 0.419 e. The van der Waals surface area contributed by atoms with Gasteiger partial charge in [0.25, 0.3) is 10.0 Å². The molecule has 0 saturated carbocycles. The van der Waals surface area contributed by atoms with Gasteiger partial charge >= 0.3 is 5.76 Å². The second kappa shape index (κ2) is 6.32. The van der Waals surface area contributed by atoms with Crippen molar-refractivity contribution in [1.82, 2.24) is 4.57 Å². The van der Waals surface area contributed by atoms with Crippen LogP contribution < -0.4 is 10.5 Å². The van der Waals surface area contributed by atoms with Crippen molar-refractivity contribution in [1.29, 1.82) is 0 Å². The number of hydrogen-bond donors (Lipinski definition) is 1. The predicted molar refractivity (Wildman–Crippen MR) is 102 cm³/mol. The van der Waals surface area contributed by atoms with Crippen LogP contribution in [0.15, 0.2) is 56.6 Å². The number of rotatable bonds is 4. The van der Waals surface area contributed by atoms with Gasteiger partial charge in [0, 0.05) is 12.6 Å². The highest BCUT2D eigenvalue weighted by atomic mass is 32.2. The highest BCUT2D eigenvalue weighted by Crippen LogP contribution is 2.31. The van der Waals surface area contributed by atoms with Crippen LogP contribution in [0, 0.1) is 0 Å². The Morgan fingerprint density at radius 3 is 2.46 bits per heavy atom. The van der Waals surface area contributed by atoms with Gasteiger partial charge in [0.15, 0.2) is 5.58 Å². The van der Waals surface area contributed by atoms with Gasteiger partial charge in [-0.25, -0.2) is 13.2 Å². The maximum absolute atomic E-state index is 12.8. The van der Waals surface area contributed by atoms with Crippen LogP contribution in [0.1, 0.15) is 33.3 Å². The zero-order chi connectivity index (χ0) is 19.1. The number of nitrogens with zero attached hydrogens (tertiary/aromatic N) is 1. The van der Waals surface area contributed by atoms with Crippen molar-refractivity contribution in [3.63, 3.8) is 0 Å². The topological polar surface area (TPSA) is 81.3 Å². The van der Waals surface area contributed by atoms with Crippen molar-refractivity contribution < 1.29 is 12.8 Å². The fourth-order valence-corrected chi connectivity index (χ4v) is 4.04. The molecule has 0 atom stereocenters. The number of benzene rings is 2. The van der Waals surface area contributed by atoms with E-state index < -0.39 is 15.8 Å². The molecule has 1 heterocycles. The lowest BCUT2D eigenvalue weighted by Crippen LogP contribution is -2.19. The van der Waals surface area contributed by atoms with Gasteiger partial charge in [-0.1, -0.05) is 39.0 Å². The molecule has 0 amide bonds. The number of fused-ring (bicyclic) bond motifs is 1. The summed E-state index contributed by atoms with van der Waals surface area (Å²) in [5.41, 5.74) is 2.05. The molecule has 0 spiro atoms. The maximum atomic E-state index is 12.8. The molecule has 3 aromatic rings. The van der Waals surface area contributed by atoms with Crippen molar-refractivity contribution in [2.75, 3.05) is 4.72 Å². The normalized spacial score (nSPS) is 12.5. The molecule has 0 aliphatic carbocycles. The van der Waals surface area contributed by atoms with E-state index in [-0.39, 0.29) is 15.9 Å². The fraction of sp³-hybridized carbons (Fsp3) is 0.316.